The molecule has 0 unspecified atom stereocenters. The standard InChI is InChI=1S/C20H18ClN5O2/c1-12-17(21)4-3-5-18(12)26-19(28)14-10-22-20(23-11-14)25-16-8-6-15(7-9-16)24-13(2)27/h3-11H,1-2H3,(H,24,27)(H,26,28)(H,22,23,25). The van der Waals surface area contributed by atoms with Gasteiger partial charge in [-0.15, -0.1) is 0 Å². The number of nitrogens with zero attached hydrogens (tertiary/aromatic N) is 2. The minimum Gasteiger partial charge on any atom is -0.326 e. The number of benzene rings is 2. The number of rotatable bonds is 5. The molecule has 3 rings (SSSR count). The molecule has 8 heteroatoms. The molecule has 0 radical (unpaired) electrons. The molecule has 28 heavy (non-hydrogen) atoms. The van der Waals surface area contributed by atoms with Crippen LogP contribution < -0.4 is 16.0 Å². The summed E-state index contributed by atoms with van der Waals surface area (Å²) in [5.41, 5.74) is 3.20. The van der Waals surface area contributed by atoms with Gasteiger partial charge in [-0.1, -0.05) is 17.7 Å². The van der Waals surface area contributed by atoms with Gasteiger partial charge in [-0.05, 0) is 48.9 Å². The van der Waals surface area contributed by atoms with Crippen LogP contribution >= 0.6 is 11.6 Å². The molecule has 0 saturated carbocycles. The average molecular weight is 396 g/mol. The zero-order valence-corrected chi connectivity index (χ0v) is 16.0. The van der Waals surface area contributed by atoms with Crippen molar-refractivity contribution in [2.75, 3.05) is 16.0 Å². The molecular formula is C20H18ClN5O2. The molecule has 0 aliphatic rings. The maximum Gasteiger partial charge on any atom is 0.258 e. The minimum absolute atomic E-state index is 0.133. The van der Waals surface area contributed by atoms with Crippen LogP contribution in [0.5, 0.6) is 0 Å². The van der Waals surface area contributed by atoms with Crippen LogP contribution in [-0.2, 0) is 4.79 Å². The van der Waals surface area contributed by atoms with E-state index >= 15 is 0 Å². The SMILES string of the molecule is CC(=O)Nc1ccc(Nc2ncc(C(=O)Nc3cccc(Cl)c3C)cn2)cc1. The first kappa shape index (κ1) is 19.3. The first-order valence-electron chi connectivity index (χ1n) is 8.45. The van der Waals surface area contributed by atoms with Crippen molar-refractivity contribution in [1.82, 2.24) is 9.97 Å². The van der Waals surface area contributed by atoms with Crippen molar-refractivity contribution in [1.29, 1.82) is 0 Å². The Balaban J connectivity index is 1.65. The molecule has 1 heterocycles. The van der Waals surface area contributed by atoms with Crippen LogP contribution in [0.4, 0.5) is 23.0 Å². The third-order valence-electron chi connectivity index (χ3n) is 3.89. The van der Waals surface area contributed by atoms with Crippen molar-refractivity contribution >= 4 is 46.4 Å². The summed E-state index contributed by atoms with van der Waals surface area (Å²) in [6.07, 6.45) is 2.88. The van der Waals surface area contributed by atoms with E-state index in [-0.39, 0.29) is 11.8 Å². The van der Waals surface area contributed by atoms with Gasteiger partial charge in [0, 0.05) is 41.4 Å². The Kier molecular flexibility index (Phi) is 5.86. The second-order valence-electron chi connectivity index (χ2n) is 6.05. The molecule has 2 aromatic carbocycles. The van der Waals surface area contributed by atoms with E-state index in [0.717, 1.165) is 11.3 Å². The number of hydrogen-bond donors (Lipinski definition) is 3. The maximum atomic E-state index is 12.4. The van der Waals surface area contributed by atoms with Crippen LogP contribution in [-0.4, -0.2) is 21.8 Å². The predicted molar refractivity (Wildman–Crippen MR) is 110 cm³/mol. The number of halogens is 1. The predicted octanol–water partition coefficient (Wildman–Crippen LogP) is 4.39. The van der Waals surface area contributed by atoms with Crippen LogP contribution in [0.25, 0.3) is 0 Å². The number of hydrogen-bond acceptors (Lipinski definition) is 5. The fourth-order valence-corrected chi connectivity index (χ4v) is 2.59. The number of carbonyl (C=O) groups is 2. The Bertz CT molecular complexity index is 1000. The minimum atomic E-state index is -0.323. The van der Waals surface area contributed by atoms with E-state index in [1.54, 1.807) is 42.5 Å². The molecule has 0 aliphatic carbocycles. The van der Waals surface area contributed by atoms with Gasteiger partial charge < -0.3 is 16.0 Å². The molecule has 142 valence electrons. The van der Waals surface area contributed by atoms with Gasteiger partial charge >= 0.3 is 0 Å². The lowest BCUT2D eigenvalue weighted by Gasteiger charge is -2.10. The summed E-state index contributed by atoms with van der Waals surface area (Å²) in [5, 5.41) is 9.11. The van der Waals surface area contributed by atoms with Gasteiger partial charge in [0.15, 0.2) is 0 Å². The highest BCUT2D eigenvalue weighted by Gasteiger charge is 2.10. The highest BCUT2D eigenvalue weighted by atomic mass is 35.5. The molecule has 3 N–H and O–H groups in total. The Hall–Kier alpha value is -3.45. The van der Waals surface area contributed by atoms with Crippen LogP contribution in [0.15, 0.2) is 54.9 Å². The topological polar surface area (TPSA) is 96.0 Å². The molecule has 1 aromatic heterocycles. The van der Waals surface area contributed by atoms with Gasteiger partial charge in [0.1, 0.15) is 0 Å². The van der Waals surface area contributed by atoms with Crippen molar-refractivity contribution in [3.63, 3.8) is 0 Å². The molecule has 7 nitrogen and oxygen atoms in total. The zero-order valence-electron chi connectivity index (χ0n) is 15.3. The Morgan fingerprint density at radius 3 is 2.21 bits per heavy atom. The van der Waals surface area contributed by atoms with E-state index in [4.69, 9.17) is 11.6 Å². The van der Waals surface area contributed by atoms with E-state index < -0.39 is 0 Å². The number of anilines is 4. The van der Waals surface area contributed by atoms with Crippen LogP contribution in [0.3, 0.4) is 0 Å². The van der Waals surface area contributed by atoms with Crippen molar-refractivity contribution in [2.24, 2.45) is 0 Å². The molecule has 2 amide bonds. The third kappa shape index (κ3) is 4.83. The molecule has 0 fully saturated rings. The lowest BCUT2D eigenvalue weighted by Crippen LogP contribution is -2.14. The van der Waals surface area contributed by atoms with E-state index in [1.165, 1.54) is 19.3 Å². The second kappa shape index (κ2) is 8.49. The molecule has 0 bridgehead atoms. The van der Waals surface area contributed by atoms with Crippen molar-refractivity contribution in [3.05, 3.63) is 71.0 Å². The van der Waals surface area contributed by atoms with Crippen molar-refractivity contribution in [2.45, 2.75) is 13.8 Å². The lowest BCUT2D eigenvalue weighted by molar-refractivity contribution is -0.114. The number of aromatic nitrogens is 2. The van der Waals surface area contributed by atoms with Crippen LogP contribution in [0, 0.1) is 6.92 Å². The third-order valence-corrected chi connectivity index (χ3v) is 4.30. The molecule has 0 spiro atoms. The van der Waals surface area contributed by atoms with Crippen LogP contribution in [0.1, 0.15) is 22.8 Å². The maximum absolute atomic E-state index is 12.4. The highest BCUT2D eigenvalue weighted by Crippen LogP contribution is 2.23. The fraction of sp³-hybridized carbons (Fsp3) is 0.100. The highest BCUT2D eigenvalue weighted by molar-refractivity contribution is 6.31. The fourth-order valence-electron chi connectivity index (χ4n) is 2.42. The summed E-state index contributed by atoms with van der Waals surface area (Å²) in [5.74, 6) is -0.106. The van der Waals surface area contributed by atoms with E-state index in [1.807, 2.05) is 6.92 Å². The number of carbonyl (C=O) groups excluding carboxylic acids is 2. The second-order valence-corrected chi connectivity index (χ2v) is 6.45. The largest absolute Gasteiger partial charge is 0.326 e. The van der Waals surface area contributed by atoms with Gasteiger partial charge in [-0.2, -0.15) is 0 Å². The summed E-state index contributed by atoms with van der Waals surface area (Å²) < 4.78 is 0. The van der Waals surface area contributed by atoms with Gasteiger partial charge in [-0.25, -0.2) is 9.97 Å². The zero-order chi connectivity index (χ0) is 20.1. The van der Waals surface area contributed by atoms with Gasteiger partial charge in [0.2, 0.25) is 11.9 Å². The molecular weight excluding hydrogens is 378 g/mol. The number of amides is 2. The number of nitrogens with one attached hydrogen (secondary N) is 3. The van der Waals surface area contributed by atoms with Crippen molar-refractivity contribution in [3.8, 4) is 0 Å². The van der Waals surface area contributed by atoms with Gasteiger partial charge in [-0.3, -0.25) is 9.59 Å². The van der Waals surface area contributed by atoms with Gasteiger partial charge in [0.25, 0.3) is 5.91 Å². The first-order valence-corrected chi connectivity index (χ1v) is 8.83. The monoisotopic (exact) mass is 395 g/mol. The quantitative estimate of drug-likeness (QED) is 0.595. The Labute approximate surface area is 167 Å². The van der Waals surface area contributed by atoms with E-state index in [0.29, 0.717) is 27.9 Å². The van der Waals surface area contributed by atoms with E-state index in [9.17, 15) is 9.59 Å². The molecule has 0 saturated heterocycles. The summed E-state index contributed by atoms with van der Waals surface area (Å²) >= 11 is 6.07. The smallest absolute Gasteiger partial charge is 0.258 e. The summed E-state index contributed by atoms with van der Waals surface area (Å²) in [6, 6.07) is 12.4. The first-order chi connectivity index (χ1) is 13.4. The average Bonchev–Trinajstić information content (AvgIpc) is 2.67. The van der Waals surface area contributed by atoms with Gasteiger partial charge in [0.05, 0.1) is 5.56 Å². The summed E-state index contributed by atoms with van der Waals surface area (Å²) in [4.78, 5) is 31.8. The summed E-state index contributed by atoms with van der Waals surface area (Å²) in [6.45, 7) is 3.28. The normalized spacial score (nSPS) is 10.2. The lowest BCUT2D eigenvalue weighted by atomic mass is 10.2. The molecule has 0 atom stereocenters. The molecule has 3 aromatic rings. The Morgan fingerprint density at radius 2 is 1.57 bits per heavy atom. The van der Waals surface area contributed by atoms with Crippen molar-refractivity contribution < 1.29 is 9.59 Å². The molecule has 0 aliphatic heterocycles. The Morgan fingerprint density at radius 1 is 0.929 bits per heavy atom. The van der Waals surface area contributed by atoms with E-state index in [2.05, 4.69) is 25.9 Å². The summed E-state index contributed by atoms with van der Waals surface area (Å²) in [7, 11) is 0. The van der Waals surface area contributed by atoms with Crippen LogP contribution in [0.2, 0.25) is 5.02 Å².